The monoisotopic (exact) mass is 323 g/mol. The summed E-state index contributed by atoms with van der Waals surface area (Å²) in [6, 6.07) is 27.1. The van der Waals surface area contributed by atoms with E-state index in [2.05, 4.69) is 71.9 Å². The van der Waals surface area contributed by atoms with Crippen molar-refractivity contribution in [2.45, 2.75) is 6.10 Å². The summed E-state index contributed by atoms with van der Waals surface area (Å²) in [5, 5.41) is 1.21. The molecule has 1 N–H and O–H groups in total. The second kappa shape index (κ2) is 5.67. The molecule has 1 aliphatic rings. The third-order valence-electron chi connectivity index (χ3n) is 4.77. The van der Waals surface area contributed by atoms with Crippen molar-refractivity contribution < 1.29 is 4.74 Å². The Labute approximate surface area is 146 Å². The molecule has 0 spiro atoms. The van der Waals surface area contributed by atoms with E-state index >= 15 is 0 Å². The summed E-state index contributed by atoms with van der Waals surface area (Å²) in [6.07, 6.45) is 4.09. The highest BCUT2D eigenvalue weighted by atomic mass is 16.5. The van der Waals surface area contributed by atoms with Gasteiger partial charge in [0, 0.05) is 33.8 Å². The molecule has 1 atom stereocenters. The molecule has 2 heteroatoms. The Morgan fingerprint density at radius 2 is 1.48 bits per heavy atom. The van der Waals surface area contributed by atoms with Crippen LogP contribution in [0.5, 0.6) is 0 Å². The number of hydrogen-bond donors (Lipinski definition) is 1. The molecule has 0 saturated heterocycles. The minimum atomic E-state index is -0.118. The van der Waals surface area contributed by atoms with Crippen molar-refractivity contribution in [3.05, 3.63) is 107 Å². The van der Waals surface area contributed by atoms with Crippen LogP contribution in [0.3, 0.4) is 0 Å². The van der Waals surface area contributed by atoms with Crippen molar-refractivity contribution in [1.29, 1.82) is 0 Å². The SMILES string of the molecule is C1=C(c2ccccc2)OC(c2c[nH]c3ccccc23)c2ccccc21. The lowest BCUT2D eigenvalue weighted by Crippen LogP contribution is -2.11. The van der Waals surface area contributed by atoms with Gasteiger partial charge >= 0.3 is 0 Å². The maximum absolute atomic E-state index is 6.49. The number of fused-ring (bicyclic) bond motifs is 2. The maximum atomic E-state index is 6.49. The molecule has 120 valence electrons. The van der Waals surface area contributed by atoms with Crippen LogP contribution < -0.4 is 0 Å². The van der Waals surface area contributed by atoms with Gasteiger partial charge in [-0.3, -0.25) is 0 Å². The molecular formula is C23H17NO. The number of ether oxygens (including phenoxy) is 1. The van der Waals surface area contributed by atoms with E-state index in [1.807, 2.05) is 24.3 Å². The fraction of sp³-hybridized carbons (Fsp3) is 0.0435. The van der Waals surface area contributed by atoms with E-state index in [0.29, 0.717) is 0 Å². The highest BCUT2D eigenvalue weighted by Crippen LogP contribution is 2.41. The summed E-state index contributed by atoms with van der Waals surface area (Å²) in [4.78, 5) is 3.37. The van der Waals surface area contributed by atoms with Crippen molar-refractivity contribution in [2.75, 3.05) is 0 Å². The molecular weight excluding hydrogens is 306 g/mol. The summed E-state index contributed by atoms with van der Waals surface area (Å²) in [5.74, 6) is 0.912. The van der Waals surface area contributed by atoms with Crippen LogP contribution in [0, 0.1) is 0 Å². The standard InChI is InChI=1S/C23H17NO/c1-2-8-16(9-3-1)22-14-17-10-4-5-11-18(17)23(25-22)20-15-24-21-13-7-6-12-19(20)21/h1-15,23-24H. The van der Waals surface area contributed by atoms with Crippen LogP contribution in [-0.4, -0.2) is 4.98 Å². The van der Waals surface area contributed by atoms with E-state index in [4.69, 9.17) is 4.74 Å². The van der Waals surface area contributed by atoms with Crippen LogP contribution in [0.2, 0.25) is 0 Å². The number of rotatable bonds is 2. The molecule has 25 heavy (non-hydrogen) atoms. The number of hydrogen-bond acceptors (Lipinski definition) is 1. The molecule has 1 aliphatic heterocycles. The number of para-hydroxylation sites is 1. The average Bonchev–Trinajstić information content (AvgIpc) is 3.12. The summed E-state index contributed by atoms with van der Waals surface area (Å²) in [5.41, 5.74) is 5.82. The van der Waals surface area contributed by atoms with Crippen molar-refractivity contribution in [1.82, 2.24) is 4.98 Å². The van der Waals surface area contributed by atoms with E-state index < -0.39 is 0 Å². The zero-order chi connectivity index (χ0) is 16.6. The Balaban J connectivity index is 1.69. The maximum Gasteiger partial charge on any atom is 0.152 e. The molecule has 2 heterocycles. The lowest BCUT2D eigenvalue weighted by molar-refractivity contribution is 0.207. The number of H-pyrrole nitrogens is 1. The Morgan fingerprint density at radius 1 is 0.720 bits per heavy atom. The van der Waals surface area contributed by atoms with Crippen molar-refractivity contribution in [2.24, 2.45) is 0 Å². The number of aromatic nitrogens is 1. The first kappa shape index (κ1) is 14.1. The largest absolute Gasteiger partial charge is 0.480 e. The fourth-order valence-corrected chi connectivity index (χ4v) is 3.54. The number of aromatic amines is 1. The Hall–Kier alpha value is -3.26. The van der Waals surface area contributed by atoms with Crippen LogP contribution in [0.4, 0.5) is 0 Å². The molecule has 4 aromatic rings. The number of nitrogens with one attached hydrogen (secondary N) is 1. The highest BCUT2D eigenvalue weighted by molar-refractivity contribution is 5.86. The molecule has 0 fully saturated rings. The normalized spacial score (nSPS) is 16.2. The summed E-state index contributed by atoms with van der Waals surface area (Å²) in [7, 11) is 0. The molecule has 0 bridgehead atoms. The first-order valence-corrected chi connectivity index (χ1v) is 8.49. The zero-order valence-electron chi connectivity index (χ0n) is 13.6. The Morgan fingerprint density at radius 3 is 2.40 bits per heavy atom. The smallest absolute Gasteiger partial charge is 0.152 e. The predicted molar refractivity (Wildman–Crippen MR) is 102 cm³/mol. The zero-order valence-corrected chi connectivity index (χ0v) is 13.6. The van der Waals surface area contributed by atoms with Gasteiger partial charge in [-0.25, -0.2) is 0 Å². The first-order chi connectivity index (χ1) is 12.4. The van der Waals surface area contributed by atoms with E-state index in [-0.39, 0.29) is 6.10 Å². The molecule has 2 nitrogen and oxygen atoms in total. The summed E-state index contributed by atoms with van der Waals surface area (Å²) < 4.78 is 6.49. The minimum Gasteiger partial charge on any atom is -0.480 e. The molecule has 0 amide bonds. The lowest BCUT2D eigenvalue weighted by Gasteiger charge is -2.27. The van der Waals surface area contributed by atoms with Gasteiger partial charge in [0.15, 0.2) is 6.10 Å². The van der Waals surface area contributed by atoms with Gasteiger partial charge in [-0.15, -0.1) is 0 Å². The Bertz CT molecular complexity index is 1080. The first-order valence-electron chi connectivity index (χ1n) is 8.49. The van der Waals surface area contributed by atoms with Gasteiger partial charge in [-0.1, -0.05) is 72.8 Å². The van der Waals surface area contributed by atoms with Gasteiger partial charge in [-0.2, -0.15) is 0 Å². The lowest BCUT2D eigenvalue weighted by atomic mass is 9.93. The van der Waals surface area contributed by atoms with Crippen LogP contribution in [0.1, 0.15) is 28.4 Å². The third kappa shape index (κ3) is 2.34. The van der Waals surface area contributed by atoms with Crippen molar-refractivity contribution >= 4 is 22.7 Å². The van der Waals surface area contributed by atoms with E-state index in [9.17, 15) is 0 Å². The molecule has 3 aromatic carbocycles. The quantitative estimate of drug-likeness (QED) is 0.496. The van der Waals surface area contributed by atoms with E-state index in [1.165, 1.54) is 22.1 Å². The van der Waals surface area contributed by atoms with Gasteiger partial charge in [0.1, 0.15) is 5.76 Å². The van der Waals surface area contributed by atoms with Gasteiger partial charge in [0.05, 0.1) is 0 Å². The predicted octanol–water partition coefficient (Wildman–Crippen LogP) is 5.79. The van der Waals surface area contributed by atoms with Gasteiger partial charge in [-0.05, 0) is 17.7 Å². The van der Waals surface area contributed by atoms with E-state index in [1.54, 1.807) is 0 Å². The Kier molecular flexibility index (Phi) is 3.20. The van der Waals surface area contributed by atoms with Crippen LogP contribution >= 0.6 is 0 Å². The van der Waals surface area contributed by atoms with Crippen molar-refractivity contribution in [3.63, 3.8) is 0 Å². The van der Waals surface area contributed by atoms with Crippen molar-refractivity contribution in [3.8, 4) is 0 Å². The van der Waals surface area contributed by atoms with E-state index in [0.717, 1.165) is 16.8 Å². The van der Waals surface area contributed by atoms with Crippen LogP contribution in [0.15, 0.2) is 85.1 Å². The molecule has 0 aliphatic carbocycles. The number of benzene rings is 3. The summed E-state index contributed by atoms with van der Waals surface area (Å²) >= 11 is 0. The molecule has 1 aromatic heterocycles. The third-order valence-corrected chi connectivity index (χ3v) is 4.77. The van der Waals surface area contributed by atoms with Crippen LogP contribution in [0.25, 0.3) is 22.7 Å². The molecule has 1 unspecified atom stereocenters. The van der Waals surface area contributed by atoms with Gasteiger partial charge in [0.2, 0.25) is 0 Å². The fourth-order valence-electron chi connectivity index (χ4n) is 3.54. The van der Waals surface area contributed by atoms with Gasteiger partial charge < -0.3 is 9.72 Å². The minimum absolute atomic E-state index is 0.118. The van der Waals surface area contributed by atoms with Crippen LogP contribution in [-0.2, 0) is 4.74 Å². The molecule has 5 rings (SSSR count). The second-order valence-corrected chi connectivity index (χ2v) is 6.29. The molecule has 0 radical (unpaired) electrons. The highest BCUT2D eigenvalue weighted by Gasteiger charge is 2.26. The topological polar surface area (TPSA) is 25.0 Å². The average molecular weight is 323 g/mol. The molecule has 0 saturated carbocycles. The second-order valence-electron chi connectivity index (χ2n) is 6.29. The van der Waals surface area contributed by atoms with Gasteiger partial charge in [0.25, 0.3) is 0 Å². The summed E-state index contributed by atoms with van der Waals surface area (Å²) in [6.45, 7) is 0.